The molecule has 0 bridgehead atoms. The highest BCUT2D eigenvalue weighted by molar-refractivity contribution is 7.55. The van der Waals surface area contributed by atoms with E-state index >= 15 is 0 Å². The molecule has 1 unspecified atom stereocenters. The summed E-state index contributed by atoms with van der Waals surface area (Å²) in [6, 6.07) is -1.05. The fourth-order valence-electron chi connectivity index (χ4n) is 5.49. The Balaban J connectivity index is 3.31. The van der Waals surface area contributed by atoms with Crippen molar-refractivity contribution in [2.45, 2.75) is 199 Å². The predicted octanol–water partition coefficient (Wildman–Crippen LogP) is 10.6. The summed E-state index contributed by atoms with van der Waals surface area (Å²) in [5.74, 6) is -0.652. The Morgan fingerprint density at radius 2 is 0.932 bits per heavy atom. The van der Waals surface area contributed by atoms with Crippen LogP contribution in [0.25, 0.3) is 0 Å². The van der Waals surface area contributed by atoms with Gasteiger partial charge in [-0.1, -0.05) is 141 Å². The van der Waals surface area contributed by atoms with Crippen molar-refractivity contribution in [2.24, 2.45) is 0 Å². The molecule has 7 heteroatoms. The first-order valence-electron chi connectivity index (χ1n) is 18.6. The summed E-state index contributed by atoms with van der Waals surface area (Å²) in [4.78, 5) is 34.8. The minimum Gasteiger partial charge on any atom is -0.480 e. The molecule has 0 aliphatic carbocycles. The van der Waals surface area contributed by atoms with Crippen LogP contribution in [0.2, 0.25) is 0 Å². The van der Waals surface area contributed by atoms with Gasteiger partial charge in [0.2, 0.25) is 0 Å². The minimum atomic E-state index is -1.13. The zero-order valence-electron chi connectivity index (χ0n) is 28.6. The zero-order valence-corrected chi connectivity index (χ0v) is 29.6. The molecule has 44 heavy (non-hydrogen) atoms. The standard InChI is InChI=1S/C37H70NO5P/c1-2-3-4-5-6-7-8-12-15-18-21-24-27-30-34(40)31-28-25-22-19-16-13-10-9-11-14-17-20-23-26-29-32-36(41)44-38-35(33-39)37(42)43/h9,11,35,38-39,44H,2-8,10,12-33H2,1H3,(H,42,43)/t35-/m0/s1. The van der Waals surface area contributed by atoms with E-state index in [1.165, 1.54) is 122 Å². The third-order valence-electron chi connectivity index (χ3n) is 8.44. The quantitative estimate of drug-likeness (QED) is 0.0358. The van der Waals surface area contributed by atoms with Crippen molar-refractivity contribution in [1.82, 2.24) is 5.09 Å². The normalized spacial score (nSPS) is 12.5. The van der Waals surface area contributed by atoms with Gasteiger partial charge in [0.1, 0.15) is 11.8 Å². The average Bonchev–Trinajstić information content (AvgIpc) is 3.01. The zero-order chi connectivity index (χ0) is 32.4. The largest absolute Gasteiger partial charge is 0.480 e. The molecule has 0 aliphatic rings. The maximum atomic E-state index is 12.1. The van der Waals surface area contributed by atoms with E-state index in [4.69, 9.17) is 10.2 Å². The highest BCUT2D eigenvalue weighted by atomic mass is 31.1. The summed E-state index contributed by atoms with van der Waals surface area (Å²) >= 11 is 0. The lowest BCUT2D eigenvalue weighted by atomic mass is 10.0. The fraction of sp³-hybridized carbons (Fsp3) is 0.865. The Morgan fingerprint density at radius 1 is 0.568 bits per heavy atom. The first-order chi connectivity index (χ1) is 21.5. The number of unbranched alkanes of at least 4 members (excludes halogenated alkanes) is 23. The second-order valence-corrected chi connectivity index (χ2v) is 13.8. The maximum absolute atomic E-state index is 12.1. The van der Waals surface area contributed by atoms with Gasteiger partial charge in [-0.25, -0.2) is 0 Å². The van der Waals surface area contributed by atoms with Gasteiger partial charge in [0.15, 0.2) is 5.52 Å². The summed E-state index contributed by atoms with van der Waals surface area (Å²) in [6.45, 7) is 1.77. The van der Waals surface area contributed by atoms with Gasteiger partial charge in [0.25, 0.3) is 0 Å². The van der Waals surface area contributed by atoms with Gasteiger partial charge in [0.05, 0.1) is 6.61 Å². The molecule has 3 N–H and O–H groups in total. The van der Waals surface area contributed by atoms with Crippen LogP contribution in [-0.4, -0.2) is 40.1 Å². The molecule has 6 nitrogen and oxygen atoms in total. The van der Waals surface area contributed by atoms with E-state index in [1.807, 2.05) is 0 Å². The number of hydrogen-bond donors (Lipinski definition) is 3. The van der Waals surface area contributed by atoms with Crippen LogP contribution in [0.3, 0.4) is 0 Å². The van der Waals surface area contributed by atoms with Gasteiger partial charge in [-0.05, 0) is 44.9 Å². The Kier molecular flexibility index (Phi) is 33.9. The fourth-order valence-corrected chi connectivity index (χ4v) is 6.34. The van der Waals surface area contributed by atoms with E-state index in [1.54, 1.807) is 0 Å². The first-order valence-corrected chi connectivity index (χ1v) is 19.6. The predicted molar refractivity (Wildman–Crippen MR) is 189 cm³/mol. The highest BCUT2D eigenvalue weighted by Gasteiger charge is 2.16. The van der Waals surface area contributed by atoms with Crippen molar-refractivity contribution >= 4 is 26.0 Å². The molecule has 0 heterocycles. The third kappa shape index (κ3) is 32.3. The van der Waals surface area contributed by atoms with Gasteiger partial charge in [-0.15, -0.1) is 0 Å². The number of allylic oxidation sites excluding steroid dienone is 2. The van der Waals surface area contributed by atoms with Crippen molar-refractivity contribution in [3.63, 3.8) is 0 Å². The number of carboxylic acids is 1. The molecule has 0 aliphatic heterocycles. The van der Waals surface area contributed by atoms with Crippen LogP contribution in [0.15, 0.2) is 12.2 Å². The van der Waals surface area contributed by atoms with Gasteiger partial charge < -0.3 is 10.2 Å². The van der Waals surface area contributed by atoms with Crippen molar-refractivity contribution < 1.29 is 24.6 Å². The Bertz CT molecular complexity index is 699. The first kappa shape index (κ1) is 42.9. The summed E-state index contributed by atoms with van der Waals surface area (Å²) in [5, 5.41) is 20.4. The smallest absolute Gasteiger partial charge is 0.323 e. The number of carboxylic acid groups (broad SMARTS) is 1. The minimum absolute atomic E-state index is 0.0261. The summed E-state index contributed by atoms with van der Waals surface area (Å²) in [5.41, 5.74) is 0.0261. The molecular formula is C37H70NO5P. The summed E-state index contributed by atoms with van der Waals surface area (Å²) < 4.78 is 0. The van der Waals surface area contributed by atoms with E-state index in [0.29, 0.717) is 12.2 Å². The number of aliphatic carboxylic acids is 1. The lowest BCUT2D eigenvalue weighted by Crippen LogP contribution is -2.35. The van der Waals surface area contributed by atoms with Gasteiger partial charge in [-0.3, -0.25) is 19.5 Å². The van der Waals surface area contributed by atoms with Crippen molar-refractivity contribution in [2.75, 3.05) is 6.61 Å². The molecule has 258 valence electrons. The lowest BCUT2D eigenvalue weighted by molar-refractivity contribution is -0.139. The van der Waals surface area contributed by atoms with Crippen LogP contribution in [0.4, 0.5) is 0 Å². The van der Waals surface area contributed by atoms with Crippen LogP contribution >= 0.6 is 8.73 Å². The molecule has 2 atom stereocenters. The SMILES string of the molecule is CCCCCCCCCCCCCCCC(=O)CCCCCCCCC=CCCCCCCCC(=O)PN[C@@H](CO)C(=O)O. The molecule has 0 rings (SSSR count). The summed E-state index contributed by atoms with van der Waals surface area (Å²) in [6.07, 6.45) is 39.2. The molecule has 0 spiro atoms. The van der Waals surface area contributed by atoms with Crippen molar-refractivity contribution in [3.05, 3.63) is 12.2 Å². The van der Waals surface area contributed by atoms with Gasteiger partial charge >= 0.3 is 5.97 Å². The van der Waals surface area contributed by atoms with Crippen LogP contribution < -0.4 is 5.09 Å². The van der Waals surface area contributed by atoms with Crippen LogP contribution in [0.1, 0.15) is 193 Å². The second-order valence-electron chi connectivity index (χ2n) is 12.7. The third-order valence-corrected chi connectivity index (χ3v) is 9.46. The number of Topliss-reactive ketones (excluding diaryl/α,β-unsaturated/α-hetero) is 1. The second kappa shape index (κ2) is 34.8. The Hall–Kier alpha value is -1.10. The number of hydrogen-bond acceptors (Lipinski definition) is 5. The molecule has 0 aromatic carbocycles. The van der Waals surface area contributed by atoms with E-state index in [0.717, 1.165) is 57.8 Å². The molecule has 0 aromatic rings. The molecule has 0 aromatic heterocycles. The number of rotatable bonds is 36. The Morgan fingerprint density at radius 3 is 1.32 bits per heavy atom. The number of nitrogens with one attached hydrogen (secondary N) is 1. The Labute approximate surface area is 273 Å². The molecule has 0 saturated carbocycles. The topological polar surface area (TPSA) is 104 Å². The van der Waals surface area contributed by atoms with Gasteiger partial charge in [0, 0.05) is 28.0 Å². The molecule has 0 amide bonds. The molecule has 0 fully saturated rings. The molecule has 0 radical (unpaired) electrons. The van der Waals surface area contributed by atoms with E-state index in [-0.39, 0.29) is 14.3 Å². The highest BCUT2D eigenvalue weighted by Crippen LogP contribution is 2.16. The van der Waals surface area contributed by atoms with Crippen molar-refractivity contribution in [3.8, 4) is 0 Å². The van der Waals surface area contributed by atoms with Crippen LogP contribution in [-0.2, 0) is 14.4 Å². The number of aliphatic hydroxyl groups is 1. The number of carbonyl (C=O) groups excluding carboxylic acids is 2. The van der Waals surface area contributed by atoms with E-state index < -0.39 is 18.6 Å². The van der Waals surface area contributed by atoms with Crippen LogP contribution in [0, 0.1) is 0 Å². The average molecular weight is 640 g/mol. The number of ketones is 1. The number of carbonyl (C=O) groups is 3. The van der Waals surface area contributed by atoms with Crippen LogP contribution in [0.5, 0.6) is 0 Å². The molecular weight excluding hydrogens is 569 g/mol. The monoisotopic (exact) mass is 639 g/mol. The summed E-state index contributed by atoms with van der Waals surface area (Å²) in [7, 11) is -0.257. The number of aliphatic hydroxyl groups excluding tert-OH is 1. The van der Waals surface area contributed by atoms with Gasteiger partial charge in [-0.2, -0.15) is 0 Å². The van der Waals surface area contributed by atoms with E-state index in [9.17, 15) is 14.4 Å². The molecule has 0 saturated heterocycles. The van der Waals surface area contributed by atoms with E-state index in [2.05, 4.69) is 24.2 Å². The lowest BCUT2D eigenvalue weighted by Gasteiger charge is -2.10. The van der Waals surface area contributed by atoms with Crippen molar-refractivity contribution in [1.29, 1.82) is 0 Å². The maximum Gasteiger partial charge on any atom is 0.323 e.